The first-order valence-electron chi connectivity index (χ1n) is 9.97. The Kier molecular flexibility index (Phi) is 5.15. The van der Waals surface area contributed by atoms with Gasteiger partial charge in [-0.15, -0.1) is 0 Å². The molecule has 1 aliphatic carbocycles. The molecule has 0 amide bonds. The maximum Gasteiger partial charge on any atom is 0.306 e. The molecule has 2 aromatic rings. The first-order chi connectivity index (χ1) is 14.0. The van der Waals surface area contributed by atoms with Crippen LogP contribution in [0.25, 0.3) is 5.52 Å². The summed E-state index contributed by atoms with van der Waals surface area (Å²) in [5.41, 5.74) is 5.12. The number of hydrogen-bond acceptors (Lipinski definition) is 8. The number of nitrogens with zero attached hydrogens (tertiary/aromatic N) is 4. The number of carbonyl (C=O) groups excluding carboxylic acids is 1. The van der Waals surface area contributed by atoms with Gasteiger partial charge in [-0.3, -0.25) is 4.79 Å². The van der Waals surface area contributed by atoms with E-state index in [1.54, 1.807) is 19.1 Å². The molecule has 29 heavy (non-hydrogen) atoms. The van der Waals surface area contributed by atoms with Gasteiger partial charge < -0.3 is 20.3 Å². The topological polar surface area (TPSA) is 136 Å². The van der Waals surface area contributed by atoms with Crippen LogP contribution in [0.5, 0.6) is 0 Å². The zero-order valence-electron chi connectivity index (χ0n) is 16.3. The maximum absolute atomic E-state index is 12.2. The number of nitrogen functional groups attached to an aromatic ring is 1. The number of hydrogen-bond donors (Lipinski definition) is 2. The van der Waals surface area contributed by atoms with Crippen molar-refractivity contribution in [3.63, 3.8) is 0 Å². The molecule has 4 rings (SSSR count). The summed E-state index contributed by atoms with van der Waals surface area (Å²) in [6, 6.07) is 5.44. The zero-order chi connectivity index (χ0) is 20.6. The van der Waals surface area contributed by atoms with Crippen LogP contribution in [0.2, 0.25) is 0 Å². The number of aliphatic hydroxyl groups excluding tert-OH is 1. The average Bonchev–Trinajstić information content (AvgIpc) is 3.42. The van der Waals surface area contributed by atoms with E-state index in [1.165, 1.54) is 10.8 Å². The van der Waals surface area contributed by atoms with Gasteiger partial charge in [0.2, 0.25) is 5.60 Å². The number of anilines is 1. The van der Waals surface area contributed by atoms with Gasteiger partial charge in [0, 0.05) is 12.3 Å². The summed E-state index contributed by atoms with van der Waals surface area (Å²) in [5.74, 6) is -0.0216. The molecule has 2 aliphatic rings. The second kappa shape index (κ2) is 7.61. The zero-order valence-corrected chi connectivity index (χ0v) is 16.3. The predicted molar refractivity (Wildman–Crippen MR) is 102 cm³/mol. The van der Waals surface area contributed by atoms with Crippen molar-refractivity contribution in [2.75, 3.05) is 12.3 Å². The van der Waals surface area contributed by atoms with Crippen molar-refractivity contribution < 1.29 is 19.4 Å². The quantitative estimate of drug-likeness (QED) is 0.723. The number of aromatic nitrogens is 3. The van der Waals surface area contributed by atoms with Crippen LogP contribution < -0.4 is 5.73 Å². The van der Waals surface area contributed by atoms with Gasteiger partial charge in [-0.1, -0.05) is 19.8 Å². The Balaban J connectivity index is 1.52. The summed E-state index contributed by atoms with van der Waals surface area (Å²) in [4.78, 5) is 16.1. The van der Waals surface area contributed by atoms with Gasteiger partial charge in [0.05, 0.1) is 11.8 Å². The maximum atomic E-state index is 12.2. The molecular weight excluding hydrogens is 374 g/mol. The minimum Gasteiger partial charge on any atom is -0.463 e. The van der Waals surface area contributed by atoms with Crippen LogP contribution in [0.15, 0.2) is 18.5 Å². The summed E-state index contributed by atoms with van der Waals surface area (Å²) in [5, 5.41) is 25.0. The second-order valence-electron chi connectivity index (χ2n) is 8.01. The Labute approximate surface area is 168 Å². The van der Waals surface area contributed by atoms with Gasteiger partial charge in [0.25, 0.3) is 0 Å². The molecule has 4 atom stereocenters. The second-order valence-corrected chi connectivity index (χ2v) is 8.01. The molecule has 154 valence electrons. The normalized spacial score (nSPS) is 29.9. The van der Waals surface area contributed by atoms with Crippen LogP contribution in [-0.4, -0.2) is 44.5 Å². The number of carbonyl (C=O) groups is 1. The summed E-state index contributed by atoms with van der Waals surface area (Å²) >= 11 is 0. The fourth-order valence-electron chi connectivity index (χ4n) is 4.46. The van der Waals surface area contributed by atoms with Gasteiger partial charge in [-0.25, -0.2) is 9.50 Å². The summed E-state index contributed by atoms with van der Waals surface area (Å²) in [6.07, 6.45) is 4.41. The fourth-order valence-corrected chi connectivity index (χ4v) is 4.46. The standard InChI is InChI=1S/C20H25N5O4/c1-12-15(9-28-17(26)8-13-4-2-3-5-13)29-20(10-21,18(12)27)16-7-6-14-19(22)23-11-24-25(14)16/h6-7,11-13,15,18,27H,2-5,8-9H2,1H3,(H2,22,23,24)/t12-,15-,18-,20+/m1/s1. The Hall–Kier alpha value is -2.70. The Morgan fingerprint density at radius 3 is 2.97 bits per heavy atom. The van der Waals surface area contributed by atoms with Crippen LogP contribution in [0.1, 0.15) is 44.7 Å². The molecule has 1 saturated carbocycles. The van der Waals surface area contributed by atoms with E-state index < -0.39 is 23.7 Å². The molecule has 0 aromatic carbocycles. The molecule has 0 bridgehead atoms. The molecule has 0 radical (unpaired) electrons. The van der Waals surface area contributed by atoms with E-state index in [9.17, 15) is 15.2 Å². The van der Waals surface area contributed by atoms with Gasteiger partial charge in [0.15, 0.2) is 5.82 Å². The minimum atomic E-state index is -1.64. The molecule has 9 heteroatoms. The van der Waals surface area contributed by atoms with Gasteiger partial charge >= 0.3 is 5.97 Å². The van der Waals surface area contributed by atoms with E-state index in [2.05, 4.69) is 16.2 Å². The van der Waals surface area contributed by atoms with Crippen LogP contribution in [0.4, 0.5) is 5.82 Å². The van der Waals surface area contributed by atoms with Gasteiger partial charge in [-0.05, 0) is 30.9 Å². The number of esters is 1. The van der Waals surface area contributed by atoms with Crippen molar-refractivity contribution in [3.05, 3.63) is 24.2 Å². The highest BCUT2D eigenvalue weighted by atomic mass is 16.6. The highest BCUT2D eigenvalue weighted by molar-refractivity contribution is 5.69. The monoisotopic (exact) mass is 399 g/mol. The van der Waals surface area contributed by atoms with Crippen LogP contribution >= 0.6 is 0 Å². The lowest BCUT2D eigenvalue weighted by molar-refractivity contribution is -0.150. The van der Waals surface area contributed by atoms with E-state index in [1.807, 2.05) is 0 Å². The summed E-state index contributed by atoms with van der Waals surface area (Å²) in [6.45, 7) is 1.77. The van der Waals surface area contributed by atoms with Crippen molar-refractivity contribution in [2.45, 2.75) is 56.8 Å². The highest BCUT2D eigenvalue weighted by Crippen LogP contribution is 2.43. The summed E-state index contributed by atoms with van der Waals surface area (Å²) in [7, 11) is 0. The fraction of sp³-hybridized carbons (Fsp3) is 0.600. The van der Waals surface area contributed by atoms with E-state index in [-0.39, 0.29) is 18.4 Å². The van der Waals surface area contributed by atoms with Gasteiger partial charge in [-0.2, -0.15) is 10.4 Å². The summed E-state index contributed by atoms with van der Waals surface area (Å²) < 4.78 is 12.9. The Morgan fingerprint density at radius 1 is 1.48 bits per heavy atom. The number of fused-ring (bicyclic) bond motifs is 1. The van der Waals surface area contributed by atoms with Crippen LogP contribution in [0.3, 0.4) is 0 Å². The van der Waals surface area contributed by atoms with Crippen molar-refractivity contribution >= 4 is 17.3 Å². The Bertz CT molecular complexity index is 948. The van der Waals surface area contributed by atoms with E-state index in [4.69, 9.17) is 15.2 Å². The third kappa shape index (κ3) is 3.32. The van der Waals surface area contributed by atoms with Crippen LogP contribution in [0, 0.1) is 23.2 Å². The lowest BCUT2D eigenvalue weighted by atomic mass is 9.88. The van der Waals surface area contributed by atoms with Gasteiger partial charge in [0.1, 0.15) is 30.6 Å². The molecule has 9 nitrogen and oxygen atoms in total. The van der Waals surface area contributed by atoms with Crippen LogP contribution in [-0.2, 0) is 19.9 Å². The Morgan fingerprint density at radius 2 is 2.24 bits per heavy atom. The molecule has 2 aromatic heterocycles. The van der Waals surface area contributed by atoms with E-state index in [0.29, 0.717) is 23.5 Å². The lowest BCUT2D eigenvalue weighted by Crippen LogP contribution is -2.38. The highest BCUT2D eigenvalue weighted by Gasteiger charge is 2.56. The number of aliphatic hydroxyl groups is 1. The number of nitriles is 1. The van der Waals surface area contributed by atoms with E-state index >= 15 is 0 Å². The number of nitrogens with two attached hydrogens (primary N) is 1. The smallest absolute Gasteiger partial charge is 0.306 e. The largest absolute Gasteiger partial charge is 0.463 e. The molecule has 1 aliphatic heterocycles. The van der Waals surface area contributed by atoms with Crippen molar-refractivity contribution in [1.29, 1.82) is 5.26 Å². The SMILES string of the molecule is C[C@H]1[C@@H](O)[C@](C#N)(c2ccc3c(N)ncnn23)O[C@@H]1COC(=O)CC1CCCC1. The minimum absolute atomic E-state index is 0.00631. The predicted octanol–water partition coefficient (Wildman–Crippen LogP) is 1.55. The molecule has 1 saturated heterocycles. The third-order valence-corrected chi connectivity index (χ3v) is 6.21. The molecule has 2 fully saturated rings. The first-order valence-corrected chi connectivity index (χ1v) is 9.97. The molecule has 3 N–H and O–H groups in total. The average molecular weight is 399 g/mol. The molecule has 0 unspecified atom stereocenters. The number of rotatable bonds is 5. The number of ether oxygens (including phenoxy) is 2. The van der Waals surface area contributed by atoms with Crippen molar-refractivity contribution in [3.8, 4) is 6.07 Å². The molecular formula is C20H25N5O4. The van der Waals surface area contributed by atoms with Crippen molar-refractivity contribution in [1.82, 2.24) is 14.6 Å². The first kappa shape index (κ1) is 19.6. The third-order valence-electron chi connectivity index (χ3n) is 6.21. The molecule has 3 heterocycles. The van der Waals surface area contributed by atoms with E-state index in [0.717, 1.165) is 25.7 Å². The molecule has 0 spiro atoms. The lowest BCUT2D eigenvalue weighted by Gasteiger charge is -2.24. The van der Waals surface area contributed by atoms with Crippen molar-refractivity contribution in [2.24, 2.45) is 11.8 Å².